The van der Waals surface area contributed by atoms with Crippen molar-refractivity contribution < 1.29 is 9.18 Å². The van der Waals surface area contributed by atoms with E-state index >= 15 is 0 Å². The van der Waals surface area contributed by atoms with Crippen molar-refractivity contribution in [3.63, 3.8) is 0 Å². The highest BCUT2D eigenvalue weighted by molar-refractivity contribution is 7.99. The summed E-state index contributed by atoms with van der Waals surface area (Å²) in [6.45, 7) is 4.63. The minimum absolute atomic E-state index is 0.0122. The Morgan fingerprint density at radius 1 is 1.37 bits per heavy atom. The lowest BCUT2D eigenvalue weighted by atomic mass is 9.93. The Morgan fingerprint density at radius 2 is 2.00 bits per heavy atom. The topological polar surface area (TPSA) is 55.1 Å². The van der Waals surface area contributed by atoms with E-state index in [0.717, 1.165) is 17.1 Å². The lowest BCUT2D eigenvalue weighted by Crippen LogP contribution is -2.42. The summed E-state index contributed by atoms with van der Waals surface area (Å²) in [5, 5.41) is 2.88. The van der Waals surface area contributed by atoms with Crippen LogP contribution in [-0.4, -0.2) is 24.7 Å². The van der Waals surface area contributed by atoms with Crippen molar-refractivity contribution in [2.24, 2.45) is 11.1 Å². The number of carbonyl (C=O) groups excluding carboxylic acids is 1. The van der Waals surface area contributed by atoms with Gasteiger partial charge in [0.1, 0.15) is 5.82 Å². The highest BCUT2D eigenvalue weighted by Crippen LogP contribution is 2.18. The van der Waals surface area contributed by atoms with E-state index in [-0.39, 0.29) is 11.7 Å². The summed E-state index contributed by atoms with van der Waals surface area (Å²) in [5.41, 5.74) is 5.02. The van der Waals surface area contributed by atoms with Crippen LogP contribution in [0.25, 0.3) is 0 Å². The number of carbonyl (C=O) groups is 1. The molecule has 0 saturated carbocycles. The van der Waals surface area contributed by atoms with Crippen LogP contribution in [0.5, 0.6) is 0 Å². The molecule has 1 amide bonds. The molecule has 1 rings (SSSR count). The smallest absolute Gasteiger partial charge is 0.226 e. The second kappa shape index (κ2) is 7.50. The molecule has 3 nitrogen and oxygen atoms in total. The molecule has 3 N–H and O–H groups in total. The first-order chi connectivity index (χ1) is 8.95. The highest BCUT2D eigenvalue weighted by atomic mass is 32.2. The molecule has 1 aromatic rings. The van der Waals surface area contributed by atoms with E-state index in [1.54, 1.807) is 23.9 Å². The summed E-state index contributed by atoms with van der Waals surface area (Å²) in [4.78, 5) is 12.8. The summed E-state index contributed by atoms with van der Waals surface area (Å²) in [7, 11) is 0. The van der Waals surface area contributed by atoms with Crippen molar-refractivity contribution in [1.82, 2.24) is 5.32 Å². The quantitative estimate of drug-likeness (QED) is 0.597. The van der Waals surface area contributed by atoms with Gasteiger partial charge in [-0.1, -0.05) is 0 Å². The zero-order valence-corrected chi connectivity index (χ0v) is 12.2. The van der Waals surface area contributed by atoms with E-state index in [4.69, 9.17) is 5.73 Å². The predicted octanol–water partition coefficient (Wildman–Crippen LogP) is 2.41. The first-order valence-electron chi connectivity index (χ1n) is 6.32. The van der Waals surface area contributed by atoms with Crippen LogP contribution in [0.1, 0.15) is 20.3 Å². The molecule has 1 aromatic carbocycles. The maximum atomic E-state index is 12.7. The summed E-state index contributed by atoms with van der Waals surface area (Å²) in [6, 6.07) is 6.42. The second-order valence-electron chi connectivity index (χ2n) is 5.00. The number of halogens is 1. The van der Waals surface area contributed by atoms with Crippen LogP contribution in [0.4, 0.5) is 4.39 Å². The average molecular weight is 284 g/mol. The average Bonchev–Trinajstić information content (AvgIpc) is 2.40. The number of nitrogens with two attached hydrogens (primary N) is 1. The van der Waals surface area contributed by atoms with Gasteiger partial charge >= 0.3 is 0 Å². The van der Waals surface area contributed by atoms with Crippen molar-refractivity contribution in [2.75, 3.05) is 18.8 Å². The van der Waals surface area contributed by atoms with E-state index in [1.807, 2.05) is 13.8 Å². The molecule has 0 unspecified atom stereocenters. The minimum atomic E-state index is -0.510. The molecule has 0 aliphatic carbocycles. The van der Waals surface area contributed by atoms with Gasteiger partial charge in [-0.05, 0) is 50.3 Å². The van der Waals surface area contributed by atoms with Crippen LogP contribution in [-0.2, 0) is 4.79 Å². The van der Waals surface area contributed by atoms with E-state index in [0.29, 0.717) is 13.1 Å². The Bertz CT molecular complexity index is 406. The molecule has 0 radical (unpaired) electrons. The molecule has 0 spiro atoms. The molecule has 0 fully saturated rings. The molecule has 0 aromatic heterocycles. The first-order valence-corrected chi connectivity index (χ1v) is 7.31. The summed E-state index contributed by atoms with van der Waals surface area (Å²) >= 11 is 1.65. The number of nitrogens with one attached hydrogen (secondary N) is 1. The zero-order valence-electron chi connectivity index (χ0n) is 11.4. The number of benzene rings is 1. The number of rotatable bonds is 7. The van der Waals surface area contributed by atoms with E-state index in [9.17, 15) is 9.18 Å². The Balaban J connectivity index is 2.18. The van der Waals surface area contributed by atoms with Gasteiger partial charge in [-0.2, -0.15) is 0 Å². The van der Waals surface area contributed by atoms with Crippen molar-refractivity contribution >= 4 is 17.7 Å². The van der Waals surface area contributed by atoms with Gasteiger partial charge in [-0.3, -0.25) is 4.79 Å². The Hall–Kier alpha value is -1.07. The van der Waals surface area contributed by atoms with Crippen LogP contribution in [0.3, 0.4) is 0 Å². The second-order valence-corrected chi connectivity index (χ2v) is 6.17. The van der Waals surface area contributed by atoms with Gasteiger partial charge in [0.15, 0.2) is 0 Å². The Morgan fingerprint density at radius 3 is 2.58 bits per heavy atom. The minimum Gasteiger partial charge on any atom is -0.356 e. The van der Waals surface area contributed by atoms with Gasteiger partial charge in [0.2, 0.25) is 5.91 Å². The van der Waals surface area contributed by atoms with Gasteiger partial charge in [-0.15, -0.1) is 11.8 Å². The Labute approximate surface area is 118 Å². The fourth-order valence-electron chi connectivity index (χ4n) is 1.33. The molecule has 0 bridgehead atoms. The van der Waals surface area contributed by atoms with Crippen molar-refractivity contribution in [3.8, 4) is 0 Å². The molecule has 106 valence electrons. The Kier molecular flexibility index (Phi) is 6.31. The fourth-order valence-corrected chi connectivity index (χ4v) is 2.18. The van der Waals surface area contributed by atoms with Gasteiger partial charge < -0.3 is 11.1 Å². The van der Waals surface area contributed by atoms with Crippen LogP contribution < -0.4 is 11.1 Å². The van der Waals surface area contributed by atoms with Crippen LogP contribution in [0.15, 0.2) is 29.2 Å². The number of thioether (sulfide) groups is 1. The molecular weight excluding hydrogens is 263 g/mol. The van der Waals surface area contributed by atoms with Crippen molar-refractivity contribution in [1.29, 1.82) is 0 Å². The van der Waals surface area contributed by atoms with E-state index < -0.39 is 5.41 Å². The monoisotopic (exact) mass is 284 g/mol. The van der Waals surface area contributed by atoms with Crippen molar-refractivity contribution in [2.45, 2.75) is 25.2 Å². The van der Waals surface area contributed by atoms with E-state index in [2.05, 4.69) is 5.32 Å². The fraction of sp³-hybridized carbons (Fsp3) is 0.500. The third kappa shape index (κ3) is 5.61. The third-order valence-electron chi connectivity index (χ3n) is 2.81. The molecule has 0 atom stereocenters. The lowest BCUT2D eigenvalue weighted by Gasteiger charge is -2.21. The lowest BCUT2D eigenvalue weighted by molar-refractivity contribution is -0.128. The maximum absolute atomic E-state index is 12.7. The maximum Gasteiger partial charge on any atom is 0.226 e. The molecule has 0 aliphatic rings. The summed E-state index contributed by atoms with van der Waals surface area (Å²) in [6.07, 6.45) is 0.869. The molecular formula is C14H21FN2OS. The molecule has 0 heterocycles. The molecule has 5 heteroatoms. The largest absolute Gasteiger partial charge is 0.356 e. The SMILES string of the molecule is CC(C)(CN)C(=O)NCCCSc1ccc(F)cc1. The normalized spacial score (nSPS) is 11.4. The van der Waals surface area contributed by atoms with Crippen LogP contribution in [0, 0.1) is 11.2 Å². The predicted molar refractivity (Wildman–Crippen MR) is 77.6 cm³/mol. The van der Waals surface area contributed by atoms with E-state index in [1.165, 1.54) is 12.1 Å². The van der Waals surface area contributed by atoms with Crippen LogP contribution >= 0.6 is 11.8 Å². The number of hydrogen-bond donors (Lipinski definition) is 2. The molecule has 0 aliphatic heterocycles. The van der Waals surface area contributed by atoms with Gasteiger partial charge in [-0.25, -0.2) is 4.39 Å². The van der Waals surface area contributed by atoms with Crippen molar-refractivity contribution in [3.05, 3.63) is 30.1 Å². The van der Waals surface area contributed by atoms with Gasteiger partial charge in [0.05, 0.1) is 5.41 Å². The molecule has 0 saturated heterocycles. The van der Waals surface area contributed by atoms with Gasteiger partial charge in [0.25, 0.3) is 0 Å². The van der Waals surface area contributed by atoms with Gasteiger partial charge in [0, 0.05) is 18.0 Å². The standard InChI is InChI=1S/C14H21FN2OS/c1-14(2,10-16)13(18)17-8-3-9-19-12-6-4-11(15)5-7-12/h4-7H,3,8-10,16H2,1-2H3,(H,17,18). The first kappa shape index (κ1) is 16.0. The summed E-state index contributed by atoms with van der Waals surface area (Å²) < 4.78 is 12.7. The highest BCUT2D eigenvalue weighted by Gasteiger charge is 2.24. The zero-order chi connectivity index (χ0) is 14.3. The number of hydrogen-bond acceptors (Lipinski definition) is 3. The number of amides is 1. The molecule has 19 heavy (non-hydrogen) atoms. The van der Waals surface area contributed by atoms with Crippen LogP contribution in [0.2, 0.25) is 0 Å². The summed E-state index contributed by atoms with van der Waals surface area (Å²) in [5.74, 6) is 0.650. The third-order valence-corrected chi connectivity index (χ3v) is 3.91.